The lowest BCUT2D eigenvalue weighted by molar-refractivity contribution is -0.117. The Bertz CT molecular complexity index is 656. The second kappa shape index (κ2) is 7.88. The van der Waals surface area contributed by atoms with E-state index >= 15 is 0 Å². The fourth-order valence-corrected chi connectivity index (χ4v) is 2.34. The second-order valence-corrected chi connectivity index (χ2v) is 5.99. The molecule has 3 nitrogen and oxygen atoms in total. The molecular formula is C19H23FN2O. The van der Waals surface area contributed by atoms with Crippen LogP contribution in [0.15, 0.2) is 48.5 Å². The zero-order valence-corrected chi connectivity index (χ0v) is 13.8. The first-order valence-corrected chi connectivity index (χ1v) is 7.79. The summed E-state index contributed by atoms with van der Waals surface area (Å²) in [6.45, 7) is 6.93. The van der Waals surface area contributed by atoms with Crippen LogP contribution in [0.25, 0.3) is 0 Å². The number of benzene rings is 2. The van der Waals surface area contributed by atoms with Crippen LogP contribution in [-0.2, 0) is 11.3 Å². The molecule has 0 atom stereocenters. The van der Waals surface area contributed by atoms with Crippen LogP contribution in [0.1, 0.15) is 25.0 Å². The third kappa shape index (κ3) is 5.18. The molecule has 23 heavy (non-hydrogen) atoms. The minimum atomic E-state index is -0.351. The summed E-state index contributed by atoms with van der Waals surface area (Å²) >= 11 is 0. The van der Waals surface area contributed by atoms with Gasteiger partial charge in [-0.05, 0) is 44.0 Å². The predicted octanol–water partition coefficient (Wildman–Crippen LogP) is 3.98. The lowest BCUT2D eigenvalue weighted by Crippen LogP contribution is -2.37. The maximum Gasteiger partial charge on any atom is 0.238 e. The highest BCUT2D eigenvalue weighted by Crippen LogP contribution is 2.16. The lowest BCUT2D eigenvalue weighted by Gasteiger charge is -2.26. The van der Waals surface area contributed by atoms with Crippen LogP contribution in [0.4, 0.5) is 10.1 Å². The molecule has 0 spiro atoms. The Kier molecular flexibility index (Phi) is 5.88. The summed E-state index contributed by atoms with van der Waals surface area (Å²) in [6.07, 6.45) is 0. The molecule has 0 saturated heterocycles. The zero-order chi connectivity index (χ0) is 16.8. The third-order valence-electron chi connectivity index (χ3n) is 3.78. The van der Waals surface area contributed by atoms with E-state index < -0.39 is 0 Å². The minimum absolute atomic E-state index is 0.136. The van der Waals surface area contributed by atoms with Gasteiger partial charge in [0.1, 0.15) is 5.82 Å². The molecule has 2 rings (SSSR count). The van der Waals surface area contributed by atoms with Gasteiger partial charge in [-0.3, -0.25) is 9.69 Å². The van der Waals surface area contributed by atoms with Gasteiger partial charge in [-0.1, -0.05) is 36.4 Å². The number of halogens is 1. The molecule has 122 valence electrons. The van der Waals surface area contributed by atoms with E-state index in [2.05, 4.69) is 24.1 Å². The van der Waals surface area contributed by atoms with Crippen molar-refractivity contribution in [2.75, 3.05) is 11.9 Å². The van der Waals surface area contributed by atoms with Gasteiger partial charge in [-0.15, -0.1) is 0 Å². The Morgan fingerprint density at radius 1 is 1.17 bits per heavy atom. The van der Waals surface area contributed by atoms with Crippen LogP contribution in [0.3, 0.4) is 0 Å². The van der Waals surface area contributed by atoms with Gasteiger partial charge < -0.3 is 5.32 Å². The van der Waals surface area contributed by atoms with Gasteiger partial charge in [-0.2, -0.15) is 0 Å². The van der Waals surface area contributed by atoms with Crippen molar-refractivity contribution in [1.82, 2.24) is 4.90 Å². The van der Waals surface area contributed by atoms with Gasteiger partial charge >= 0.3 is 0 Å². The highest BCUT2D eigenvalue weighted by Gasteiger charge is 2.15. The Morgan fingerprint density at radius 3 is 2.52 bits per heavy atom. The summed E-state index contributed by atoms with van der Waals surface area (Å²) in [6, 6.07) is 14.7. The van der Waals surface area contributed by atoms with Gasteiger partial charge in [-0.25, -0.2) is 4.39 Å². The molecule has 0 bridgehead atoms. The number of nitrogens with zero attached hydrogens (tertiary/aromatic N) is 1. The number of nitrogens with one attached hydrogen (secondary N) is 1. The van der Waals surface area contributed by atoms with Gasteiger partial charge in [0.2, 0.25) is 5.91 Å². The molecule has 0 heterocycles. The highest BCUT2D eigenvalue weighted by atomic mass is 19.1. The van der Waals surface area contributed by atoms with E-state index in [0.717, 1.165) is 11.1 Å². The monoisotopic (exact) mass is 314 g/mol. The number of hydrogen-bond donors (Lipinski definition) is 1. The maximum atomic E-state index is 13.3. The van der Waals surface area contributed by atoms with E-state index in [4.69, 9.17) is 0 Å². The van der Waals surface area contributed by atoms with Crippen molar-refractivity contribution in [2.24, 2.45) is 0 Å². The Balaban J connectivity index is 2.02. The number of amides is 1. The molecule has 2 aromatic carbocycles. The molecule has 0 aliphatic carbocycles. The molecule has 0 aliphatic heterocycles. The first-order chi connectivity index (χ1) is 11.0. The zero-order valence-electron chi connectivity index (χ0n) is 13.8. The molecule has 1 N–H and O–H groups in total. The fraction of sp³-hybridized carbons (Fsp3) is 0.316. The summed E-state index contributed by atoms with van der Waals surface area (Å²) in [5, 5.41) is 2.80. The number of anilines is 1. The first-order valence-electron chi connectivity index (χ1n) is 7.79. The smallest absolute Gasteiger partial charge is 0.238 e. The van der Waals surface area contributed by atoms with E-state index in [9.17, 15) is 9.18 Å². The molecule has 0 saturated carbocycles. The molecule has 0 aromatic heterocycles. The quantitative estimate of drug-likeness (QED) is 0.874. The first kappa shape index (κ1) is 17.2. The van der Waals surface area contributed by atoms with E-state index in [1.807, 2.05) is 37.3 Å². The van der Waals surface area contributed by atoms with Crippen LogP contribution >= 0.6 is 0 Å². The Morgan fingerprint density at radius 2 is 1.87 bits per heavy atom. The molecule has 4 heteroatoms. The molecular weight excluding hydrogens is 291 g/mol. The largest absolute Gasteiger partial charge is 0.325 e. The molecule has 1 amide bonds. The molecule has 0 unspecified atom stereocenters. The SMILES string of the molecule is Cc1ccc(F)cc1NC(=O)CN(Cc1ccccc1)C(C)C. The second-order valence-electron chi connectivity index (χ2n) is 5.99. The number of rotatable bonds is 6. The van der Waals surface area contributed by atoms with Crippen molar-refractivity contribution in [2.45, 2.75) is 33.4 Å². The molecule has 0 fully saturated rings. The average molecular weight is 314 g/mol. The van der Waals surface area contributed by atoms with Crippen molar-refractivity contribution in [3.8, 4) is 0 Å². The summed E-state index contributed by atoms with van der Waals surface area (Å²) in [4.78, 5) is 14.4. The summed E-state index contributed by atoms with van der Waals surface area (Å²) in [5.41, 5.74) is 2.54. The number of hydrogen-bond acceptors (Lipinski definition) is 2. The Labute approximate surface area is 137 Å². The van der Waals surface area contributed by atoms with E-state index in [0.29, 0.717) is 12.2 Å². The van der Waals surface area contributed by atoms with Crippen LogP contribution in [0, 0.1) is 12.7 Å². The van der Waals surface area contributed by atoms with Crippen LogP contribution in [0.5, 0.6) is 0 Å². The maximum absolute atomic E-state index is 13.3. The predicted molar refractivity (Wildman–Crippen MR) is 91.8 cm³/mol. The summed E-state index contributed by atoms with van der Waals surface area (Å²) in [5.74, 6) is -0.487. The third-order valence-corrected chi connectivity index (χ3v) is 3.78. The summed E-state index contributed by atoms with van der Waals surface area (Å²) < 4.78 is 13.3. The highest BCUT2D eigenvalue weighted by molar-refractivity contribution is 5.92. The van der Waals surface area contributed by atoms with Crippen molar-refractivity contribution < 1.29 is 9.18 Å². The number of aryl methyl sites for hydroxylation is 1. The van der Waals surface area contributed by atoms with Crippen LogP contribution in [-0.4, -0.2) is 23.4 Å². The van der Waals surface area contributed by atoms with Crippen molar-refractivity contribution in [3.63, 3.8) is 0 Å². The van der Waals surface area contributed by atoms with Gasteiger partial charge in [0.05, 0.1) is 6.54 Å². The van der Waals surface area contributed by atoms with Crippen molar-refractivity contribution in [3.05, 3.63) is 65.5 Å². The minimum Gasteiger partial charge on any atom is -0.325 e. The molecule has 0 radical (unpaired) electrons. The summed E-state index contributed by atoms with van der Waals surface area (Å²) in [7, 11) is 0. The lowest BCUT2D eigenvalue weighted by atomic mass is 10.2. The van der Waals surface area contributed by atoms with E-state index in [-0.39, 0.29) is 24.3 Å². The molecule has 0 aliphatic rings. The average Bonchev–Trinajstić information content (AvgIpc) is 2.51. The van der Waals surface area contributed by atoms with Crippen LogP contribution < -0.4 is 5.32 Å². The standard InChI is InChI=1S/C19H23FN2O/c1-14(2)22(12-16-7-5-4-6-8-16)13-19(23)21-18-11-17(20)10-9-15(18)3/h4-11,14H,12-13H2,1-3H3,(H,21,23). The number of carbonyl (C=O) groups excluding carboxylic acids is 1. The van der Waals surface area contributed by atoms with E-state index in [1.165, 1.54) is 12.1 Å². The normalized spacial score (nSPS) is 11.0. The van der Waals surface area contributed by atoms with Crippen molar-refractivity contribution in [1.29, 1.82) is 0 Å². The molecule has 2 aromatic rings. The van der Waals surface area contributed by atoms with E-state index in [1.54, 1.807) is 6.07 Å². The topological polar surface area (TPSA) is 32.3 Å². The Hall–Kier alpha value is -2.20. The number of carbonyl (C=O) groups is 1. The van der Waals surface area contributed by atoms with Gasteiger partial charge in [0, 0.05) is 18.3 Å². The van der Waals surface area contributed by atoms with Crippen molar-refractivity contribution >= 4 is 11.6 Å². The van der Waals surface area contributed by atoms with Gasteiger partial charge in [0.25, 0.3) is 0 Å². The van der Waals surface area contributed by atoms with Crippen LogP contribution in [0.2, 0.25) is 0 Å². The fourth-order valence-electron chi connectivity index (χ4n) is 2.34. The van der Waals surface area contributed by atoms with Gasteiger partial charge in [0.15, 0.2) is 0 Å².